The van der Waals surface area contributed by atoms with Gasteiger partial charge in [-0.2, -0.15) is 5.10 Å². The summed E-state index contributed by atoms with van der Waals surface area (Å²) >= 11 is 0. The second-order valence-electron chi connectivity index (χ2n) is 6.22. The van der Waals surface area contributed by atoms with Gasteiger partial charge in [0.25, 0.3) is 0 Å². The molecule has 1 rings (SSSR count). The number of aryl methyl sites for hydroxylation is 1. The third-order valence-corrected chi connectivity index (χ3v) is 3.23. The summed E-state index contributed by atoms with van der Waals surface area (Å²) in [4.78, 5) is 23.1. The highest BCUT2D eigenvalue weighted by molar-refractivity contribution is 5.79. The lowest BCUT2D eigenvalue weighted by Gasteiger charge is -2.22. The first-order chi connectivity index (χ1) is 10.0. The van der Waals surface area contributed by atoms with Crippen LogP contribution in [0.4, 0.5) is 4.79 Å². The molecule has 124 valence electrons. The molecule has 1 aromatic rings. The highest BCUT2D eigenvalue weighted by Gasteiger charge is 2.25. The Kier molecular flexibility index (Phi) is 5.57. The van der Waals surface area contributed by atoms with Gasteiger partial charge in [0, 0.05) is 5.69 Å². The fraction of sp³-hybridized carbons (Fsp3) is 0.667. The summed E-state index contributed by atoms with van der Waals surface area (Å²) < 4.78 is 6.71. The van der Waals surface area contributed by atoms with E-state index in [2.05, 4.69) is 10.4 Å². The topological polar surface area (TPSA) is 93.5 Å². The monoisotopic (exact) mass is 311 g/mol. The molecule has 7 nitrogen and oxygen atoms in total. The third-order valence-electron chi connectivity index (χ3n) is 3.23. The van der Waals surface area contributed by atoms with Crippen LogP contribution in [-0.2, 0) is 22.5 Å². The zero-order chi connectivity index (χ0) is 17.1. The smallest absolute Gasteiger partial charge is 0.408 e. The maximum atomic E-state index is 11.8. The van der Waals surface area contributed by atoms with Crippen molar-refractivity contribution in [3.8, 4) is 0 Å². The Morgan fingerprint density at radius 3 is 2.36 bits per heavy atom. The van der Waals surface area contributed by atoms with Crippen LogP contribution in [0.3, 0.4) is 0 Å². The Morgan fingerprint density at radius 1 is 1.36 bits per heavy atom. The van der Waals surface area contributed by atoms with Crippen molar-refractivity contribution >= 4 is 12.1 Å². The minimum absolute atomic E-state index is 0.0568. The third kappa shape index (κ3) is 4.75. The van der Waals surface area contributed by atoms with Crippen LogP contribution in [0.5, 0.6) is 0 Å². The lowest BCUT2D eigenvalue weighted by molar-refractivity contribution is -0.139. The molecule has 0 bridgehead atoms. The normalized spacial score (nSPS) is 12.8. The largest absolute Gasteiger partial charge is 0.480 e. The maximum Gasteiger partial charge on any atom is 0.408 e. The molecule has 2 N–H and O–H groups in total. The van der Waals surface area contributed by atoms with Crippen molar-refractivity contribution in [3.05, 3.63) is 17.0 Å². The van der Waals surface area contributed by atoms with E-state index in [-0.39, 0.29) is 6.54 Å². The Balaban J connectivity index is 2.86. The summed E-state index contributed by atoms with van der Waals surface area (Å²) in [6, 6.07) is -1.10. The molecule has 22 heavy (non-hydrogen) atoms. The predicted octanol–water partition coefficient (Wildman–Crippen LogP) is 2.04. The number of aromatic nitrogens is 2. The average molecular weight is 311 g/mol. The van der Waals surface area contributed by atoms with Crippen molar-refractivity contribution in [2.45, 2.75) is 66.2 Å². The second-order valence-corrected chi connectivity index (χ2v) is 6.22. The van der Waals surface area contributed by atoms with Crippen molar-refractivity contribution in [1.29, 1.82) is 0 Å². The summed E-state index contributed by atoms with van der Waals surface area (Å²) in [7, 11) is 0. The number of ether oxygens (including phenoxy) is 1. The Morgan fingerprint density at radius 2 is 1.95 bits per heavy atom. The Hall–Kier alpha value is -2.05. The van der Waals surface area contributed by atoms with E-state index in [0.29, 0.717) is 0 Å². The van der Waals surface area contributed by atoms with E-state index in [1.54, 1.807) is 25.5 Å². The number of nitrogens with zero attached hydrogens (tertiary/aromatic N) is 2. The molecule has 1 aromatic heterocycles. The molecule has 1 unspecified atom stereocenters. The number of alkyl carbamates (subject to hydrolysis) is 1. The van der Waals surface area contributed by atoms with E-state index in [0.717, 1.165) is 23.4 Å². The van der Waals surface area contributed by atoms with Crippen molar-refractivity contribution in [3.63, 3.8) is 0 Å². The number of hydrogen-bond donors (Lipinski definition) is 2. The highest BCUT2D eigenvalue weighted by Crippen LogP contribution is 2.14. The van der Waals surface area contributed by atoms with E-state index in [1.165, 1.54) is 0 Å². The zero-order valence-electron chi connectivity index (χ0n) is 14.1. The Bertz CT molecular complexity index is 558. The second kappa shape index (κ2) is 6.81. The van der Waals surface area contributed by atoms with Gasteiger partial charge < -0.3 is 15.2 Å². The minimum Gasteiger partial charge on any atom is -0.480 e. The molecule has 0 spiro atoms. The van der Waals surface area contributed by atoms with E-state index in [9.17, 15) is 14.7 Å². The van der Waals surface area contributed by atoms with Gasteiger partial charge in [0.1, 0.15) is 11.6 Å². The minimum atomic E-state index is -1.13. The number of aliphatic carboxylic acids is 1. The summed E-state index contributed by atoms with van der Waals surface area (Å²) in [5.74, 6) is -1.13. The number of amides is 1. The molecule has 0 saturated heterocycles. The molecular weight excluding hydrogens is 286 g/mol. The summed E-state index contributed by atoms with van der Waals surface area (Å²) in [6.07, 6.45) is 0.0756. The van der Waals surface area contributed by atoms with Gasteiger partial charge in [-0.1, -0.05) is 6.92 Å². The lowest BCUT2D eigenvalue weighted by Crippen LogP contribution is -2.46. The van der Waals surface area contributed by atoms with E-state index >= 15 is 0 Å². The standard InChI is InChI=1S/C15H25N3O4/c1-7-11-9(2)17-18(10(11)3)8-12(13(19)20)16-14(21)22-15(4,5)6/h12H,7-8H2,1-6H3,(H,16,21)(H,19,20). The number of rotatable bonds is 5. The van der Waals surface area contributed by atoms with E-state index in [1.807, 2.05) is 20.8 Å². The quantitative estimate of drug-likeness (QED) is 0.868. The molecule has 0 aliphatic rings. The molecule has 0 aromatic carbocycles. The van der Waals surface area contributed by atoms with Gasteiger partial charge in [0.15, 0.2) is 0 Å². The van der Waals surface area contributed by atoms with Crippen molar-refractivity contribution < 1.29 is 19.4 Å². The predicted molar refractivity (Wildman–Crippen MR) is 81.9 cm³/mol. The molecule has 0 aliphatic heterocycles. The number of carbonyl (C=O) groups excluding carboxylic acids is 1. The van der Waals surface area contributed by atoms with Crippen molar-refractivity contribution in [1.82, 2.24) is 15.1 Å². The number of carboxylic acid groups (broad SMARTS) is 1. The molecule has 1 heterocycles. The van der Waals surface area contributed by atoms with Crippen LogP contribution in [0.2, 0.25) is 0 Å². The van der Waals surface area contributed by atoms with E-state index < -0.39 is 23.7 Å². The van der Waals surface area contributed by atoms with E-state index in [4.69, 9.17) is 4.74 Å². The van der Waals surface area contributed by atoms with Crippen LogP contribution in [0, 0.1) is 13.8 Å². The average Bonchev–Trinajstić information content (AvgIpc) is 2.60. The molecule has 1 atom stereocenters. The maximum absolute atomic E-state index is 11.8. The number of carboxylic acids is 1. The van der Waals surface area contributed by atoms with Gasteiger partial charge in [-0.15, -0.1) is 0 Å². The van der Waals surface area contributed by atoms with Crippen LogP contribution in [0.1, 0.15) is 44.6 Å². The molecule has 0 aliphatic carbocycles. The lowest BCUT2D eigenvalue weighted by atomic mass is 10.1. The molecular formula is C15H25N3O4. The first-order valence-electron chi connectivity index (χ1n) is 7.30. The number of carbonyl (C=O) groups is 2. The number of nitrogens with one attached hydrogen (secondary N) is 1. The summed E-state index contributed by atoms with van der Waals surface area (Å²) in [6.45, 7) is 11.0. The van der Waals surface area contributed by atoms with Crippen molar-refractivity contribution in [2.24, 2.45) is 0 Å². The number of hydrogen-bond acceptors (Lipinski definition) is 4. The zero-order valence-corrected chi connectivity index (χ0v) is 14.1. The van der Waals surface area contributed by atoms with Crippen LogP contribution in [-0.4, -0.2) is 38.6 Å². The highest BCUT2D eigenvalue weighted by atomic mass is 16.6. The van der Waals surface area contributed by atoms with Gasteiger partial charge in [-0.25, -0.2) is 9.59 Å². The van der Waals surface area contributed by atoms with Gasteiger partial charge in [0.2, 0.25) is 0 Å². The van der Waals surface area contributed by atoms with Crippen molar-refractivity contribution in [2.75, 3.05) is 0 Å². The van der Waals surface area contributed by atoms with Gasteiger partial charge in [-0.3, -0.25) is 4.68 Å². The first kappa shape index (κ1) is 18.0. The molecule has 0 fully saturated rings. The molecule has 7 heteroatoms. The van der Waals surface area contributed by atoms with Gasteiger partial charge in [-0.05, 0) is 46.6 Å². The van der Waals surface area contributed by atoms with Gasteiger partial charge >= 0.3 is 12.1 Å². The fourth-order valence-electron chi connectivity index (χ4n) is 2.23. The van der Waals surface area contributed by atoms with Crippen LogP contribution >= 0.6 is 0 Å². The molecule has 1 amide bonds. The fourth-order valence-corrected chi connectivity index (χ4v) is 2.23. The SMILES string of the molecule is CCc1c(C)nn(CC(NC(=O)OC(C)(C)C)C(=O)O)c1C. The Labute approximate surface area is 130 Å². The molecule has 0 saturated carbocycles. The summed E-state index contributed by atoms with van der Waals surface area (Å²) in [5, 5.41) is 16.0. The van der Waals surface area contributed by atoms with Crippen LogP contribution in [0.25, 0.3) is 0 Å². The van der Waals surface area contributed by atoms with Crippen LogP contribution in [0.15, 0.2) is 0 Å². The van der Waals surface area contributed by atoms with Crippen LogP contribution < -0.4 is 5.32 Å². The summed E-state index contributed by atoms with van der Waals surface area (Å²) in [5.41, 5.74) is 2.21. The molecule has 0 radical (unpaired) electrons. The van der Waals surface area contributed by atoms with Gasteiger partial charge in [0.05, 0.1) is 12.2 Å². The first-order valence-corrected chi connectivity index (χ1v) is 7.30.